The molecule has 0 bridgehead atoms. The minimum atomic E-state index is -3.93. The highest BCUT2D eigenvalue weighted by Crippen LogP contribution is 2.15. The van der Waals surface area contributed by atoms with Crippen molar-refractivity contribution < 1.29 is 17.2 Å². The Morgan fingerprint density at radius 1 is 1.24 bits per heavy atom. The molecule has 0 spiro atoms. The first kappa shape index (κ1) is 14.9. The van der Waals surface area contributed by atoms with Gasteiger partial charge >= 0.3 is 0 Å². The van der Waals surface area contributed by atoms with Gasteiger partial charge in [0, 0.05) is 17.8 Å². The molecule has 2 rings (SSSR count). The van der Waals surface area contributed by atoms with Gasteiger partial charge in [-0.3, -0.25) is 4.72 Å². The number of benzene rings is 1. The number of nitrogens with zero attached hydrogens (tertiary/aromatic N) is 2. The number of nitriles is 1. The van der Waals surface area contributed by atoms with E-state index in [0.717, 1.165) is 12.1 Å². The van der Waals surface area contributed by atoms with Crippen LogP contribution in [0.5, 0.6) is 0 Å². The van der Waals surface area contributed by atoms with Crippen LogP contribution in [0.3, 0.4) is 0 Å². The zero-order valence-corrected chi connectivity index (χ0v) is 11.4. The Labute approximate surface area is 119 Å². The highest BCUT2D eigenvalue weighted by atomic mass is 32.2. The van der Waals surface area contributed by atoms with Crippen LogP contribution in [0.2, 0.25) is 0 Å². The first-order valence-corrected chi connectivity index (χ1v) is 7.35. The van der Waals surface area contributed by atoms with Gasteiger partial charge in [-0.2, -0.15) is 5.26 Å². The second kappa shape index (κ2) is 5.85. The summed E-state index contributed by atoms with van der Waals surface area (Å²) in [5, 5.41) is 8.72. The Morgan fingerprint density at radius 2 is 2.00 bits per heavy atom. The summed E-state index contributed by atoms with van der Waals surface area (Å²) in [4.78, 5) is 3.76. The molecule has 0 saturated heterocycles. The lowest BCUT2D eigenvalue weighted by molar-refractivity contribution is 0.570. The number of sulfonamides is 1. The van der Waals surface area contributed by atoms with Gasteiger partial charge in [0.25, 0.3) is 0 Å². The van der Waals surface area contributed by atoms with Crippen molar-refractivity contribution in [2.24, 2.45) is 0 Å². The molecule has 21 heavy (non-hydrogen) atoms. The second-order valence-electron chi connectivity index (χ2n) is 4.14. The molecule has 0 aliphatic heterocycles. The van der Waals surface area contributed by atoms with Gasteiger partial charge < -0.3 is 0 Å². The summed E-state index contributed by atoms with van der Waals surface area (Å²) >= 11 is 0. The monoisotopic (exact) mass is 309 g/mol. The van der Waals surface area contributed by atoms with E-state index < -0.39 is 27.4 Å². The number of anilines is 1. The number of hydrogen-bond acceptors (Lipinski definition) is 4. The molecule has 0 amide bonds. The molecular weight excluding hydrogens is 300 g/mol. The lowest BCUT2D eigenvalue weighted by Crippen LogP contribution is -2.16. The molecule has 0 fully saturated rings. The first-order valence-electron chi connectivity index (χ1n) is 5.70. The number of rotatable bonds is 4. The average molecular weight is 309 g/mol. The van der Waals surface area contributed by atoms with Crippen molar-refractivity contribution in [2.75, 3.05) is 4.72 Å². The summed E-state index contributed by atoms with van der Waals surface area (Å²) in [6.07, 6.45) is 1.27. The normalized spacial score (nSPS) is 10.9. The first-order chi connectivity index (χ1) is 9.89. The van der Waals surface area contributed by atoms with E-state index in [-0.39, 0.29) is 16.9 Å². The van der Waals surface area contributed by atoms with E-state index in [1.165, 1.54) is 18.3 Å². The predicted molar refractivity (Wildman–Crippen MR) is 71.6 cm³/mol. The van der Waals surface area contributed by atoms with E-state index in [1.807, 2.05) is 6.07 Å². The smallest absolute Gasteiger partial charge is 0.238 e. The Kier molecular flexibility index (Phi) is 4.14. The number of pyridine rings is 1. The van der Waals surface area contributed by atoms with Crippen molar-refractivity contribution >= 4 is 15.8 Å². The largest absolute Gasteiger partial charge is 0.267 e. The maximum Gasteiger partial charge on any atom is 0.238 e. The van der Waals surface area contributed by atoms with Gasteiger partial charge in [0.15, 0.2) is 0 Å². The van der Waals surface area contributed by atoms with Crippen LogP contribution in [-0.4, -0.2) is 13.4 Å². The fourth-order valence-electron chi connectivity index (χ4n) is 1.59. The van der Waals surface area contributed by atoms with Crippen LogP contribution < -0.4 is 4.72 Å². The van der Waals surface area contributed by atoms with Crippen LogP contribution in [0.1, 0.15) is 11.1 Å². The van der Waals surface area contributed by atoms with Crippen molar-refractivity contribution in [2.45, 2.75) is 5.75 Å². The standard InChI is InChI=1S/C13H9F2N3O2S/c14-11-2-1-10(12(15)6-11)8-21(19,20)18-13-5-9(7-16)3-4-17-13/h1-6H,8H2,(H,17,18). The number of halogens is 2. The van der Waals surface area contributed by atoms with Crippen LogP contribution >= 0.6 is 0 Å². The highest BCUT2D eigenvalue weighted by Gasteiger charge is 2.16. The Hall–Kier alpha value is -2.53. The zero-order valence-electron chi connectivity index (χ0n) is 10.5. The molecule has 0 atom stereocenters. The van der Waals surface area contributed by atoms with E-state index >= 15 is 0 Å². The van der Waals surface area contributed by atoms with Gasteiger partial charge in [-0.1, -0.05) is 6.07 Å². The number of nitrogens with one attached hydrogen (secondary N) is 1. The fourth-order valence-corrected chi connectivity index (χ4v) is 2.74. The quantitative estimate of drug-likeness (QED) is 0.938. The SMILES string of the molecule is N#Cc1ccnc(NS(=O)(=O)Cc2ccc(F)cc2F)c1. The maximum absolute atomic E-state index is 13.4. The summed E-state index contributed by atoms with van der Waals surface area (Å²) < 4.78 is 52.2. The molecule has 5 nitrogen and oxygen atoms in total. The van der Waals surface area contributed by atoms with Crippen LogP contribution in [0.4, 0.5) is 14.6 Å². The van der Waals surface area contributed by atoms with Gasteiger partial charge in [-0.05, 0) is 18.2 Å². The summed E-state index contributed by atoms with van der Waals surface area (Å²) in [5.41, 5.74) is 0.0657. The molecule has 0 saturated carbocycles. The van der Waals surface area contributed by atoms with E-state index in [4.69, 9.17) is 5.26 Å². The zero-order chi connectivity index (χ0) is 15.5. The van der Waals surface area contributed by atoms with E-state index in [0.29, 0.717) is 6.07 Å². The number of aromatic nitrogens is 1. The second-order valence-corrected chi connectivity index (χ2v) is 5.86. The minimum absolute atomic E-state index is 0.0448. The molecule has 0 radical (unpaired) electrons. The summed E-state index contributed by atoms with van der Waals surface area (Å²) in [7, 11) is -3.93. The summed E-state index contributed by atoms with van der Waals surface area (Å²) in [6, 6.07) is 7.15. The molecule has 1 aromatic carbocycles. The van der Waals surface area contributed by atoms with Gasteiger partial charge in [0.1, 0.15) is 17.5 Å². The van der Waals surface area contributed by atoms with Crippen molar-refractivity contribution in [1.29, 1.82) is 5.26 Å². The van der Waals surface area contributed by atoms with Crippen molar-refractivity contribution in [3.05, 3.63) is 59.3 Å². The third-order valence-corrected chi connectivity index (χ3v) is 3.72. The molecule has 0 aliphatic rings. The molecule has 8 heteroatoms. The van der Waals surface area contributed by atoms with Crippen LogP contribution in [0, 0.1) is 23.0 Å². The van der Waals surface area contributed by atoms with E-state index in [9.17, 15) is 17.2 Å². The van der Waals surface area contributed by atoms with Gasteiger partial charge in [-0.15, -0.1) is 0 Å². The summed E-state index contributed by atoms with van der Waals surface area (Å²) in [6.45, 7) is 0. The van der Waals surface area contributed by atoms with Crippen LogP contribution in [-0.2, 0) is 15.8 Å². The molecule has 0 aliphatic carbocycles. The average Bonchev–Trinajstić information content (AvgIpc) is 2.41. The van der Waals surface area contributed by atoms with Crippen molar-refractivity contribution in [3.8, 4) is 6.07 Å². The molecular formula is C13H9F2N3O2S. The minimum Gasteiger partial charge on any atom is -0.267 e. The van der Waals surface area contributed by atoms with E-state index in [1.54, 1.807) is 0 Å². The highest BCUT2D eigenvalue weighted by molar-refractivity contribution is 7.91. The molecule has 0 unspecified atom stereocenters. The van der Waals surface area contributed by atoms with Crippen molar-refractivity contribution in [3.63, 3.8) is 0 Å². The van der Waals surface area contributed by atoms with Crippen LogP contribution in [0.25, 0.3) is 0 Å². The molecule has 1 aromatic heterocycles. The van der Waals surface area contributed by atoms with E-state index in [2.05, 4.69) is 9.71 Å². The van der Waals surface area contributed by atoms with Gasteiger partial charge in [0.05, 0.1) is 17.4 Å². The topological polar surface area (TPSA) is 82.8 Å². The molecule has 1 heterocycles. The fraction of sp³-hybridized carbons (Fsp3) is 0.0769. The Bertz CT molecular complexity index is 816. The lowest BCUT2D eigenvalue weighted by Gasteiger charge is -2.08. The molecule has 2 aromatic rings. The lowest BCUT2D eigenvalue weighted by atomic mass is 10.2. The molecule has 108 valence electrons. The Balaban J connectivity index is 2.20. The third kappa shape index (κ3) is 3.97. The maximum atomic E-state index is 13.4. The molecule has 1 N–H and O–H groups in total. The van der Waals surface area contributed by atoms with Gasteiger partial charge in [0.2, 0.25) is 10.0 Å². The van der Waals surface area contributed by atoms with Gasteiger partial charge in [-0.25, -0.2) is 22.2 Å². The third-order valence-electron chi connectivity index (χ3n) is 2.51. The van der Waals surface area contributed by atoms with Crippen molar-refractivity contribution in [1.82, 2.24) is 4.98 Å². The number of hydrogen-bond donors (Lipinski definition) is 1. The van der Waals surface area contributed by atoms with Crippen LogP contribution in [0.15, 0.2) is 36.5 Å². The Morgan fingerprint density at radius 3 is 2.67 bits per heavy atom. The summed E-state index contributed by atoms with van der Waals surface area (Å²) in [5.74, 6) is -2.45. The predicted octanol–water partition coefficient (Wildman–Crippen LogP) is 2.17.